The number of carbonyl (C=O) groups excluding carboxylic acids is 1. The monoisotopic (exact) mass is 242 g/mol. The van der Waals surface area contributed by atoms with E-state index in [0.717, 1.165) is 16.5 Å². The second kappa shape index (κ2) is 4.42. The average Bonchev–Trinajstić information content (AvgIpc) is 2.35. The van der Waals surface area contributed by atoms with Crippen LogP contribution in [0.25, 0.3) is 10.8 Å². The zero-order valence-electron chi connectivity index (χ0n) is 11.0. The number of nitrogens with zero attached hydrogens (tertiary/aromatic N) is 1. The number of carbonyl (C=O) groups is 1. The second-order valence-corrected chi connectivity index (χ2v) is 5.12. The summed E-state index contributed by atoms with van der Waals surface area (Å²) in [5.74, 6) is -0.0993. The molecule has 0 bridgehead atoms. The Balaban J connectivity index is 2.39. The van der Waals surface area contributed by atoms with E-state index in [2.05, 4.69) is 0 Å². The van der Waals surface area contributed by atoms with Gasteiger partial charge in [-0.1, -0.05) is 30.3 Å². The molecule has 18 heavy (non-hydrogen) atoms. The van der Waals surface area contributed by atoms with Gasteiger partial charge in [-0.05, 0) is 36.8 Å². The Hall–Kier alpha value is -1.87. The van der Waals surface area contributed by atoms with E-state index in [0.29, 0.717) is 0 Å². The molecule has 0 atom stereocenters. The van der Waals surface area contributed by atoms with Crippen LogP contribution in [0.15, 0.2) is 42.5 Å². The van der Waals surface area contributed by atoms with Crippen LogP contribution in [0.4, 0.5) is 5.69 Å². The lowest BCUT2D eigenvalue weighted by molar-refractivity contribution is -0.122. The fraction of sp³-hybridized carbons (Fsp3) is 0.267. The number of amides is 1. The van der Waals surface area contributed by atoms with Crippen molar-refractivity contribution in [3.05, 3.63) is 42.5 Å². The Kier molecular flexibility index (Phi) is 3.09. The fourth-order valence-corrected chi connectivity index (χ4v) is 1.93. The molecule has 2 aromatic carbocycles. The van der Waals surface area contributed by atoms with Crippen LogP contribution in [0, 0.1) is 0 Å². The second-order valence-electron chi connectivity index (χ2n) is 5.12. The molecule has 0 saturated heterocycles. The largest absolute Gasteiger partial charge is 0.318 e. The lowest BCUT2D eigenvalue weighted by Crippen LogP contribution is -2.49. The van der Waals surface area contributed by atoms with Crippen molar-refractivity contribution in [2.45, 2.75) is 19.4 Å². The molecule has 0 fully saturated rings. The third-order valence-corrected chi connectivity index (χ3v) is 2.98. The average molecular weight is 242 g/mol. The summed E-state index contributed by atoms with van der Waals surface area (Å²) < 4.78 is 0. The summed E-state index contributed by atoms with van der Waals surface area (Å²) in [6.07, 6.45) is 0. The number of benzene rings is 2. The van der Waals surface area contributed by atoms with Gasteiger partial charge >= 0.3 is 0 Å². The Bertz CT molecular complexity index is 584. The van der Waals surface area contributed by atoms with E-state index in [4.69, 9.17) is 5.73 Å². The highest BCUT2D eigenvalue weighted by molar-refractivity contribution is 6.00. The van der Waals surface area contributed by atoms with Gasteiger partial charge < -0.3 is 10.6 Å². The molecule has 3 nitrogen and oxygen atoms in total. The van der Waals surface area contributed by atoms with E-state index >= 15 is 0 Å². The Labute approximate surface area is 107 Å². The van der Waals surface area contributed by atoms with E-state index in [1.807, 2.05) is 42.5 Å². The maximum Gasteiger partial charge on any atom is 0.246 e. The first kappa shape index (κ1) is 12.6. The molecule has 2 N–H and O–H groups in total. The van der Waals surface area contributed by atoms with Gasteiger partial charge in [0.2, 0.25) is 5.91 Å². The van der Waals surface area contributed by atoms with Crippen LogP contribution >= 0.6 is 0 Å². The SMILES string of the molecule is CN(C(=O)C(C)(C)N)c1ccc2ccccc2c1. The van der Waals surface area contributed by atoms with Crippen molar-refractivity contribution in [2.24, 2.45) is 5.73 Å². The van der Waals surface area contributed by atoms with Gasteiger partial charge in [-0.2, -0.15) is 0 Å². The molecule has 0 aliphatic carbocycles. The number of nitrogens with two attached hydrogens (primary N) is 1. The summed E-state index contributed by atoms with van der Waals surface area (Å²) in [5, 5.41) is 2.28. The maximum absolute atomic E-state index is 12.1. The molecule has 0 spiro atoms. The van der Waals surface area contributed by atoms with E-state index in [1.54, 1.807) is 25.8 Å². The fourth-order valence-electron chi connectivity index (χ4n) is 1.93. The molecular formula is C15H18N2O. The Morgan fingerprint density at radius 1 is 1.11 bits per heavy atom. The van der Waals surface area contributed by atoms with Crippen molar-refractivity contribution in [3.8, 4) is 0 Å². The minimum absolute atomic E-state index is 0.0993. The molecule has 2 rings (SSSR count). The lowest BCUT2D eigenvalue weighted by atomic mass is 10.0. The summed E-state index contributed by atoms with van der Waals surface area (Å²) in [7, 11) is 1.75. The predicted molar refractivity (Wildman–Crippen MR) is 75.6 cm³/mol. The molecule has 0 aliphatic heterocycles. The van der Waals surface area contributed by atoms with Crippen molar-refractivity contribution in [3.63, 3.8) is 0 Å². The van der Waals surface area contributed by atoms with Gasteiger partial charge in [0, 0.05) is 12.7 Å². The third kappa shape index (κ3) is 2.36. The summed E-state index contributed by atoms with van der Waals surface area (Å²) in [6.45, 7) is 3.43. The van der Waals surface area contributed by atoms with Crippen LogP contribution in [-0.2, 0) is 4.79 Å². The Morgan fingerprint density at radius 3 is 2.33 bits per heavy atom. The summed E-state index contributed by atoms with van der Waals surface area (Å²) in [4.78, 5) is 13.7. The van der Waals surface area contributed by atoms with Crippen molar-refractivity contribution in [1.82, 2.24) is 0 Å². The Morgan fingerprint density at radius 2 is 1.72 bits per heavy atom. The highest BCUT2D eigenvalue weighted by Gasteiger charge is 2.26. The predicted octanol–water partition coefficient (Wildman–Crippen LogP) is 2.54. The van der Waals surface area contributed by atoms with E-state index in [1.165, 1.54) is 0 Å². The molecule has 0 saturated carbocycles. The number of anilines is 1. The third-order valence-electron chi connectivity index (χ3n) is 2.98. The van der Waals surface area contributed by atoms with E-state index in [9.17, 15) is 4.79 Å². The topological polar surface area (TPSA) is 46.3 Å². The van der Waals surface area contributed by atoms with Crippen molar-refractivity contribution in [2.75, 3.05) is 11.9 Å². The normalized spacial score (nSPS) is 11.6. The van der Waals surface area contributed by atoms with Gasteiger partial charge in [0.25, 0.3) is 0 Å². The number of hydrogen-bond donors (Lipinski definition) is 1. The van der Waals surface area contributed by atoms with Crippen LogP contribution in [0.3, 0.4) is 0 Å². The zero-order chi connectivity index (χ0) is 13.3. The highest BCUT2D eigenvalue weighted by atomic mass is 16.2. The maximum atomic E-state index is 12.1. The van der Waals surface area contributed by atoms with Gasteiger partial charge in [0.1, 0.15) is 0 Å². The smallest absolute Gasteiger partial charge is 0.246 e. The van der Waals surface area contributed by atoms with Crippen LogP contribution in [0.5, 0.6) is 0 Å². The number of likely N-dealkylation sites (N-methyl/N-ethyl adjacent to an activating group) is 1. The molecular weight excluding hydrogens is 224 g/mol. The molecule has 2 aromatic rings. The first-order chi connectivity index (χ1) is 8.39. The molecule has 3 heteroatoms. The van der Waals surface area contributed by atoms with Gasteiger partial charge in [-0.15, -0.1) is 0 Å². The molecule has 94 valence electrons. The van der Waals surface area contributed by atoms with Crippen LogP contribution in [0.2, 0.25) is 0 Å². The molecule has 0 aliphatic rings. The standard InChI is InChI=1S/C15H18N2O/c1-15(2,16)14(18)17(3)13-9-8-11-6-4-5-7-12(11)10-13/h4-10H,16H2,1-3H3. The zero-order valence-corrected chi connectivity index (χ0v) is 11.0. The number of fused-ring (bicyclic) bond motifs is 1. The van der Waals surface area contributed by atoms with Gasteiger partial charge in [-0.3, -0.25) is 4.79 Å². The van der Waals surface area contributed by atoms with Crippen molar-refractivity contribution < 1.29 is 4.79 Å². The van der Waals surface area contributed by atoms with Crippen LogP contribution in [0.1, 0.15) is 13.8 Å². The molecule has 1 amide bonds. The molecule has 0 heterocycles. The van der Waals surface area contributed by atoms with Gasteiger partial charge in [0.15, 0.2) is 0 Å². The molecule has 0 radical (unpaired) electrons. The minimum Gasteiger partial charge on any atom is -0.318 e. The summed E-state index contributed by atoms with van der Waals surface area (Å²) >= 11 is 0. The minimum atomic E-state index is -0.861. The van der Waals surface area contributed by atoms with Crippen LogP contribution in [-0.4, -0.2) is 18.5 Å². The molecule has 0 aromatic heterocycles. The summed E-state index contributed by atoms with van der Waals surface area (Å²) in [6, 6.07) is 14.0. The lowest BCUT2D eigenvalue weighted by Gasteiger charge is -2.26. The first-order valence-corrected chi connectivity index (χ1v) is 5.95. The van der Waals surface area contributed by atoms with E-state index in [-0.39, 0.29) is 5.91 Å². The quantitative estimate of drug-likeness (QED) is 0.879. The van der Waals surface area contributed by atoms with Crippen LogP contribution < -0.4 is 10.6 Å². The van der Waals surface area contributed by atoms with Crippen molar-refractivity contribution >= 4 is 22.4 Å². The number of rotatable bonds is 2. The summed E-state index contributed by atoms with van der Waals surface area (Å²) in [5.41, 5.74) is 5.84. The molecule has 0 unspecified atom stereocenters. The van der Waals surface area contributed by atoms with Gasteiger partial charge in [0.05, 0.1) is 5.54 Å². The highest BCUT2D eigenvalue weighted by Crippen LogP contribution is 2.22. The van der Waals surface area contributed by atoms with Gasteiger partial charge in [-0.25, -0.2) is 0 Å². The van der Waals surface area contributed by atoms with E-state index < -0.39 is 5.54 Å². The number of hydrogen-bond acceptors (Lipinski definition) is 2. The first-order valence-electron chi connectivity index (χ1n) is 5.95. The van der Waals surface area contributed by atoms with Crippen molar-refractivity contribution in [1.29, 1.82) is 0 Å².